The zero-order valence-corrected chi connectivity index (χ0v) is 17.4. The van der Waals surface area contributed by atoms with Crippen LogP contribution in [0.5, 0.6) is 0 Å². The van der Waals surface area contributed by atoms with Gasteiger partial charge >= 0.3 is 0 Å². The Hall–Kier alpha value is -1.69. The van der Waals surface area contributed by atoms with E-state index < -0.39 is 0 Å². The normalized spacial score (nSPS) is 22.3. The second-order valence-electron chi connectivity index (χ2n) is 7.30. The van der Waals surface area contributed by atoms with E-state index in [-0.39, 0.29) is 11.3 Å². The molecule has 6 heteroatoms. The molecule has 0 saturated carbocycles. The highest BCUT2D eigenvalue weighted by molar-refractivity contribution is 8.04. The Morgan fingerprint density at radius 2 is 2.00 bits per heavy atom. The standard InChI is InChI=1S/C22H25ClN2O2S/c23-18-8-4-7-17(15-18)22-25(13-6-12-24-10-2-1-3-11-24)21(26)20(28-22)16-19-9-5-14-27-19/h4-5,7-9,14-16,22H,1-3,6,10-13H2/b20-16+. The Morgan fingerprint density at radius 1 is 1.14 bits per heavy atom. The molecule has 28 heavy (non-hydrogen) atoms. The van der Waals surface area contributed by atoms with Crippen molar-refractivity contribution in [1.29, 1.82) is 0 Å². The highest BCUT2D eigenvalue weighted by Gasteiger charge is 2.37. The minimum Gasteiger partial charge on any atom is -0.465 e. The summed E-state index contributed by atoms with van der Waals surface area (Å²) in [6.07, 6.45) is 8.38. The molecule has 1 atom stereocenters. The van der Waals surface area contributed by atoms with Gasteiger partial charge in [0.05, 0.1) is 11.2 Å². The molecule has 0 spiro atoms. The molecule has 0 bridgehead atoms. The van der Waals surface area contributed by atoms with E-state index >= 15 is 0 Å². The number of rotatable bonds is 6. The second kappa shape index (κ2) is 9.21. The predicted octanol–water partition coefficient (Wildman–Crippen LogP) is 5.42. The molecule has 2 aromatic rings. The number of thioether (sulfide) groups is 1. The summed E-state index contributed by atoms with van der Waals surface area (Å²) in [4.78, 5) is 18.4. The molecule has 0 N–H and O–H groups in total. The molecule has 0 radical (unpaired) electrons. The van der Waals surface area contributed by atoms with Gasteiger partial charge in [0.15, 0.2) is 0 Å². The lowest BCUT2D eigenvalue weighted by molar-refractivity contribution is -0.126. The van der Waals surface area contributed by atoms with Gasteiger partial charge in [0.25, 0.3) is 5.91 Å². The quantitative estimate of drug-likeness (QED) is 0.589. The largest absolute Gasteiger partial charge is 0.465 e. The number of furan rings is 1. The van der Waals surface area contributed by atoms with Crippen LogP contribution in [-0.4, -0.2) is 41.9 Å². The van der Waals surface area contributed by atoms with Crippen molar-refractivity contribution < 1.29 is 9.21 Å². The Bertz CT molecular complexity index is 831. The Morgan fingerprint density at radius 3 is 2.75 bits per heavy atom. The van der Waals surface area contributed by atoms with E-state index in [0.717, 1.165) is 30.0 Å². The van der Waals surface area contributed by atoms with Crippen LogP contribution in [0.3, 0.4) is 0 Å². The first-order valence-electron chi connectivity index (χ1n) is 9.91. The van der Waals surface area contributed by atoms with Crippen molar-refractivity contribution in [2.45, 2.75) is 31.1 Å². The summed E-state index contributed by atoms with van der Waals surface area (Å²) in [5.74, 6) is 0.779. The molecular weight excluding hydrogens is 392 g/mol. The third kappa shape index (κ3) is 4.65. The van der Waals surface area contributed by atoms with Crippen LogP contribution in [-0.2, 0) is 4.79 Å². The molecule has 4 rings (SSSR count). The van der Waals surface area contributed by atoms with Gasteiger partial charge in [-0.2, -0.15) is 0 Å². The van der Waals surface area contributed by atoms with Crippen molar-refractivity contribution in [3.8, 4) is 0 Å². The Balaban J connectivity index is 1.50. The topological polar surface area (TPSA) is 36.7 Å². The van der Waals surface area contributed by atoms with E-state index in [4.69, 9.17) is 16.0 Å². The van der Waals surface area contributed by atoms with Gasteiger partial charge in [-0.05, 0) is 74.8 Å². The summed E-state index contributed by atoms with van der Waals surface area (Å²) in [6, 6.07) is 11.5. The number of likely N-dealkylation sites (tertiary alicyclic amines) is 1. The van der Waals surface area contributed by atoms with E-state index in [1.54, 1.807) is 18.0 Å². The van der Waals surface area contributed by atoms with Gasteiger partial charge in [0, 0.05) is 11.6 Å². The van der Waals surface area contributed by atoms with Gasteiger partial charge in [0.2, 0.25) is 0 Å². The Labute approximate surface area is 175 Å². The van der Waals surface area contributed by atoms with E-state index in [2.05, 4.69) is 4.90 Å². The first kappa shape index (κ1) is 19.6. The van der Waals surface area contributed by atoms with Crippen LogP contribution in [0.25, 0.3) is 6.08 Å². The number of carbonyl (C=O) groups is 1. The van der Waals surface area contributed by atoms with E-state index in [1.165, 1.54) is 32.4 Å². The van der Waals surface area contributed by atoms with E-state index in [9.17, 15) is 4.79 Å². The highest BCUT2D eigenvalue weighted by atomic mass is 35.5. The molecule has 2 saturated heterocycles. The highest BCUT2D eigenvalue weighted by Crippen LogP contribution is 2.46. The molecule has 1 unspecified atom stereocenters. The zero-order valence-electron chi connectivity index (χ0n) is 15.9. The van der Waals surface area contributed by atoms with Crippen LogP contribution in [0.1, 0.15) is 42.4 Å². The number of amides is 1. The second-order valence-corrected chi connectivity index (χ2v) is 8.86. The fraction of sp³-hybridized carbons (Fsp3) is 0.409. The van der Waals surface area contributed by atoms with Gasteiger partial charge < -0.3 is 14.2 Å². The van der Waals surface area contributed by atoms with Gasteiger partial charge in [-0.1, -0.05) is 41.9 Å². The first-order chi connectivity index (χ1) is 13.7. The number of halogens is 1. The van der Waals surface area contributed by atoms with Gasteiger partial charge in [-0.25, -0.2) is 0 Å². The van der Waals surface area contributed by atoms with Crippen molar-refractivity contribution in [3.05, 3.63) is 63.9 Å². The van der Waals surface area contributed by atoms with Gasteiger partial charge in [-0.3, -0.25) is 4.79 Å². The maximum atomic E-state index is 13.1. The van der Waals surface area contributed by atoms with Crippen molar-refractivity contribution in [1.82, 2.24) is 9.80 Å². The molecule has 2 aliphatic heterocycles. The molecule has 1 aromatic carbocycles. The SMILES string of the molecule is O=C1/C(=C\c2ccco2)SC(c2cccc(Cl)c2)N1CCCN1CCCCC1. The molecule has 1 aromatic heterocycles. The van der Waals surface area contributed by atoms with Crippen LogP contribution in [0.15, 0.2) is 52.0 Å². The third-order valence-corrected chi connectivity index (χ3v) is 6.80. The Kier molecular flexibility index (Phi) is 6.45. The lowest BCUT2D eigenvalue weighted by atomic mass is 10.1. The van der Waals surface area contributed by atoms with Crippen molar-refractivity contribution in [2.75, 3.05) is 26.2 Å². The summed E-state index contributed by atoms with van der Waals surface area (Å²) in [5.41, 5.74) is 1.06. The van der Waals surface area contributed by atoms with Crippen LogP contribution >= 0.6 is 23.4 Å². The number of piperidine rings is 1. The average molecular weight is 417 g/mol. The number of hydrogen-bond donors (Lipinski definition) is 0. The van der Waals surface area contributed by atoms with E-state index in [0.29, 0.717) is 10.8 Å². The molecule has 2 fully saturated rings. The monoisotopic (exact) mass is 416 g/mol. The number of carbonyl (C=O) groups excluding carboxylic acids is 1. The zero-order chi connectivity index (χ0) is 19.3. The molecular formula is C22H25ClN2O2S. The predicted molar refractivity (Wildman–Crippen MR) is 115 cm³/mol. The fourth-order valence-corrected chi connectivity index (χ4v) is 5.31. The summed E-state index contributed by atoms with van der Waals surface area (Å²) in [7, 11) is 0. The summed E-state index contributed by atoms with van der Waals surface area (Å²) < 4.78 is 5.41. The molecule has 0 aliphatic carbocycles. The number of hydrogen-bond acceptors (Lipinski definition) is 4. The summed E-state index contributed by atoms with van der Waals surface area (Å²) in [5, 5.41) is 0.649. The molecule has 1 amide bonds. The average Bonchev–Trinajstić information content (AvgIpc) is 3.32. The minimum atomic E-state index is -0.0474. The molecule has 4 nitrogen and oxygen atoms in total. The molecule has 148 valence electrons. The maximum Gasteiger partial charge on any atom is 0.261 e. The van der Waals surface area contributed by atoms with Crippen LogP contribution in [0.4, 0.5) is 0 Å². The van der Waals surface area contributed by atoms with Crippen molar-refractivity contribution in [3.63, 3.8) is 0 Å². The summed E-state index contributed by atoms with van der Waals surface area (Å²) >= 11 is 7.79. The number of benzene rings is 1. The fourth-order valence-electron chi connectivity index (χ4n) is 3.86. The van der Waals surface area contributed by atoms with Crippen LogP contribution in [0.2, 0.25) is 5.02 Å². The van der Waals surface area contributed by atoms with Crippen molar-refractivity contribution in [2.24, 2.45) is 0 Å². The maximum absolute atomic E-state index is 13.1. The minimum absolute atomic E-state index is 0.0474. The van der Waals surface area contributed by atoms with Crippen LogP contribution < -0.4 is 0 Å². The first-order valence-corrected chi connectivity index (χ1v) is 11.2. The van der Waals surface area contributed by atoms with Gasteiger partial charge in [-0.15, -0.1) is 0 Å². The van der Waals surface area contributed by atoms with Crippen LogP contribution in [0, 0.1) is 0 Å². The lowest BCUT2D eigenvalue weighted by Crippen LogP contribution is -2.34. The number of nitrogens with zero attached hydrogens (tertiary/aromatic N) is 2. The molecule has 2 aliphatic rings. The molecule has 3 heterocycles. The summed E-state index contributed by atoms with van der Waals surface area (Å²) in [6.45, 7) is 4.16. The van der Waals surface area contributed by atoms with E-state index in [1.807, 2.05) is 47.4 Å². The third-order valence-electron chi connectivity index (χ3n) is 5.27. The smallest absolute Gasteiger partial charge is 0.261 e. The van der Waals surface area contributed by atoms with Gasteiger partial charge in [0.1, 0.15) is 11.1 Å². The van der Waals surface area contributed by atoms with Crippen molar-refractivity contribution >= 4 is 35.3 Å². The lowest BCUT2D eigenvalue weighted by Gasteiger charge is -2.28.